The number of benzene rings is 1. The van der Waals surface area contributed by atoms with E-state index in [2.05, 4.69) is 0 Å². The van der Waals surface area contributed by atoms with Gasteiger partial charge in [-0.25, -0.2) is 8.78 Å². The molecule has 0 spiro atoms. The largest absolute Gasteiger partial charge is 0.480 e. The first-order chi connectivity index (χ1) is 8.32. The summed E-state index contributed by atoms with van der Waals surface area (Å²) < 4.78 is 26.5. The van der Waals surface area contributed by atoms with Crippen LogP contribution in [0.5, 0.6) is 0 Å². The summed E-state index contributed by atoms with van der Waals surface area (Å²) in [7, 11) is 0. The molecule has 0 fully saturated rings. The average Bonchev–Trinajstić information content (AvgIpc) is 2.24. The van der Waals surface area contributed by atoms with Gasteiger partial charge >= 0.3 is 5.97 Å². The summed E-state index contributed by atoms with van der Waals surface area (Å²) in [6.45, 7) is 5.19. The Bertz CT molecular complexity index is 435. The van der Waals surface area contributed by atoms with Gasteiger partial charge in [-0.2, -0.15) is 0 Å². The van der Waals surface area contributed by atoms with Crippen molar-refractivity contribution in [1.82, 2.24) is 4.90 Å². The Morgan fingerprint density at radius 2 is 1.94 bits per heavy atom. The van der Waals surface area contributed by atoms with E-state index in [-0.39, 0.29) is 12.6 Å². The highest BCUT2D eigenvalue weighted by Gasteiger charge is 2.23. The number of hydrogen-bond acceptors (Lipinski definition) is 2. The van der Waals surface area contributed by atoms with Gasteiger partial charge in [0.15, 0.2) is 0 Å². The number of carboxylic acids is 1. The van der Waals surface area contributed by atoms with Crippen LogP contribution >= 0.6 is 0 Å². The lowest BCUT2D eigenvalue weighted by molar-refractivity contribution is -0.139. The van der Waals surface area contributed by atoms with Crippen LogP contribution in [0.3, 0.4) is 0 Å². The molecular formula is C13H17F2NO2. The lowest BCUT2D eigenvalue weighted by atomic mass is 10.0. The predicted octanol–water partition coefficient (Wildman–Crippen LogP) is 2.82. The second kappa shape index (κ2) is 5.91. The van der Waals surface area contributed by atoms with Crippen LogP contribution in [0.1, 0.15) is 32.4 Å². The molecule has 18 heavy (non-hydrogen) atoms. The van der Waals surface area contributed by atoms with Crippen molar-refractivity contribution < 1.29 is 18.7 Å². The summed E-state index contributed by atoms with van der Waals surface area (Å²) in [6.07, 6.45) is 0. The first-order valence-electron chi connectivity index (χ1n) is 5.75. The lowest BCUT2D eigenvalue weighted by Gasteiger charge is -2.31. The van der Waals surface area contributed by atoms with E-state index in [9.17, 15) is 13.6 Å². The second-order valence-electron chi connectivity index (χ2n) is 4.50. The highest BCUT2D eigenvalue weighted by molar-refractivity contribution is 5.69. The van der Waals surface area contributed by atoms with Crippen LogP contribution in [0.4, 0.5) is 8.78 Å². The molecule has 0 aliphatic carbocycles. The Morgan fingerprint density at radius 1 is 1.33 bits per heavy atom. The zero-order valence-electron chi connectivity index (χ0n) is 10.7. The molecule has 1 aromatic rings. The fraction of sp³-hybridized carbons (Fsp3) is 0.462. The molecule has 0 bridgehead atoms. The molecule has 0 amide bonds. The minimum absolute atomic E-state index is 0.0550. The van der Waals surface area contributed by atoms with Gasteiger partial charge in [0.2, 0.25) is 0 Å². The van der Waals surface area contributed by atoms with Gasteiger partial charge in [0.25, 0.3) is 0 Å². The Hall–Kier alpha value is -1.49. The van der Waals surface area contributed by atoms with Gasteiger partial charge in [-0.15, -0.1) is 0 Å². The van der Waals surface area contributed by atoms with E-state index in [4.69, 9.17) is 5.11 Å². The van der Waals surface area contributed by atoms with E-state index in [1.54, 1.807) is 11.8 Å². The maximum absolute atomic E-state index is 13.6. The van der Waals surface area contributed by atoms with Crippen LogP contribution in [0.15, 0.2) is 18.2 Å². The van der Waals surface area contributed by atoms with Gasteiger partial charge in [0.05, 0.1) is 6.54 Å². The molecule has 0 radical (unpaired) electrons. The third-order valence-electron chi connectivity index (χ3n) is 2.89. The molecular weight excluding hydrogens is 240 g/mol. The minimum Gasteiger partial charge on any atom is -0.480 e. The molecule has 0 aliphatic heterocycles. The maximum Gasteiger partial charge on any atom is 0.317 e. The van der Waals surface area contributed by atoms with Gasteiger partial charge in [-0.3, -0.25) is 9.69 Å². The van der Waals surface area contributed by atoms with E-state index in [0.29, 0.717) is 5.56 Å². The first kappa shape index (κ1) is 14.6. The normalized spacial score (nSPS) is 13.1. The molecule has 3 nitrogen and oxygen atoms in total. The quantitative estimate of drug-likeness (QED) is 0.881. The number of halogens is 2. The van der Waals surface area contributed by atoms with Crippen LogP contribution in [-0.2, 0) is 4.79 Å². The maximum atomic E-state index is 13.6. The molecule has 0 heterocycles. The summed E-state index contributed by atoms with van der Waals surface area (Å²) >= 11 is 0. The molecule has 1 N–H and O–H groups in total. The zero-order chi connectivity index (χ0) is 13.9. The summed E-state index contributed by atoms with van der Waals surface area (Å²) in [4.78, 5) is 12.4. The highest BCUT2D eigenvalue weighted by Crippen LogP contribution is 2.25. The first-order valence-corrected chi connectivity index (χ1v) is 5.75. The number of rotatable bonds is 5. The van der Waals surface area contributed by atoms with Crippen molar-refractivity contribution in [3.05, 3.63) is 35.4 Å². The second-order valence-corrected chi connectivity index (χ2v) is 4.50. The fourth-order valence-corrected chi connectivity index (χ4v) is 1.94. The fourth-order valence-electron chi connectivity index (χ4n) is 1.94. The van der Waals surface area contributed by atoms with Crippen molar-refractivity contribution in [3.63, 3.8) is 0 Å². The van der Waals surface area contributed by atoms with Crippen molar-refractivity contribution >= 4 is 5.97 Å². The summed E-state index contributed by atoms with van der Waals surface area (Å²) in [5.41, 5.74) is 0.298. The number of carbonyl (C=O) groups is 1. The van der Waals surface area contributed by atoms with Crippen LogP contribution in [0.25, 0.3) is 0 Å². The van der Waals surface area contributed by atoms with Crippen molar-refractivity contribution in [3.8, 4) is 0 Å². The molecule has 5 heteroatoms. The minimum atomic E-state index is -0.974. The molecule has 0 aliphatic rings. The average molecular weight is 257 g/mol. The molecule has 100 valence electrons. The van der Waals surface area contributed by atoms with Gasteiger partial charge < -0.3 is 5.11 Å². The van der Waals surface area contributed by atoms with Crippen molar-refractivity contribution in [2.75, 3.05) is 6.54 Å². The van der Waals surface area contributed by atoms with Gasteiger partial charge in [0.1, 0.15) is 11.6 Å². The monoisotopic (exact) mass is 257 g/mol. The molecule has 1 unspecified atom stereocenters. The van der Waals surface area contributed by atoms with Gasteiger partial charge in [0, 0.05) is 23.7 Å². The third kappa shape index (κ3) is 3.50. The Balaban J connectivity index is 3.01. The van der Waals surface area contributed by atoms with E-state index < -0.39 is 23.6 Å². The standard InChI is InChI=1S/C13H17F2NO2/c1-8(2)16(7-13(17)18)9(3)11-5-4-10(14)6-12(11)15/h4-6,8-9H,7H2,1-3H3,(H,17,18). The van der Waals surface area contributed by atoms with Crippen molar-refractivity contribution in [2.24, 2.45) is 0 Å². The molecule has 0 saturated heterocycles. The molecule has 0 saturated carbocycles. The van der Waals surface area contributed by atoms with Crippen LogP contribution in [0.2, 0.25) is 0 Å². The van der Waals surface area contributed by atoms with E-state index in [0.717, 1.165) is 6.07 Å². The Kier molecular flexibility index (Phi) is 4.78. The van der Waals surface area contributed by atoms with E-state index in [1.807, 2.05) is 13.8 Å². The van der Waals surface area contributed by atoms with Crippen LogP contribution in [-0.4, -0.2) is 28.6 Å². The number of carboxylic acid groups (broad SMARTS) is 1. The lowest BCUT2D eigenvalue weighted by Crippen LogP contribution is -2.38. The number of nitrogens with zero attached hydrogens (tertiary/aromatic N) is 1. The molecule has 1 atom stereocenters. The molecule has 0 aromatic heterocycles. The van der Waals surface area contributed by atoms with Crippen molar-refractivity contribution in [1.29, 1.82) is 0 Å². The van der Waals surface area contributed by atoms with E-state index in [1.165, 1.54) is 12.1 Å². The van der Waals surface area contributed by atoms with Crippen LogP contribution in [0, 0.1) is 11.6 Å². The Labute approximate surface area is 105 Å². The Morgan fingerprint density at radius 3 is 2.39 bits per heavy atom. The zero-order valence-corrected chi connectivity index (χ0v) is 10.7. The predicted molar refractivity (Wildman–Crippen MR) is 64.3 cm³/mol. The smallest absolute Gasteiger partial charge is 0.317 e. The van der Waals surface area contributed by atoms with Crippen LogP contribution < -0.4 is 0 Å². The molecule has 1 rings (SSSR count). The number of hydrogen-bond donors (Lipinski definition) is 1. The molecule has 1 aromatic carbocycles. The van der Waals surface area contributed by atoms with E-state index >= 15 is 0 Å². The highest BCUT2D eigenvalue weighted by atomic mass is 19.1. The topological polar surface area (TPSA) is 40.5 Å². The summed E-state index contributed by atoms with van der Waals surface area (Å²) in [5, 5.41) is 8.85. The SMILES string of the molecule is CC(C)N(CC(=O)O)C(C)c1ccc(F)cc1F. The third-order valence-corrected chi connectivity index (χ3v) is 2.89. The van der Waals surface area contributed by atoms with Crippen molar-refractivity contribution in [2.45, 2.75) is 32.9 Å². The number of aliphatic carboxylic acids is 1. The summed E-state index contributed by atoms with van der Waals surface area (Å²) in [5.74, 6) is -2.27. The van der Waals surface area contributed by atoms with Gasteiger partial charge in [-0.1, -0.05) is 6.07 Å². The summed E-state index contributed by atoms with van der Waals surface area (Å²) in [6, 6.07) is 2.86. The van der Waals surface area contributed by atoms with Gasteiger partial charge in [-0.05, 0) is 26.8 Å².